The number of rotatable bonds is 3. The summed E-state index contributed by atoms with van der Waals surface area (Å²) in [4.78, 5) is 12.1. The Morgan fingerprint density at radius 3 is 2.50 bits per heavy atom. The molecule has 76 valence electrons. The first-order valence-corrected chi connectivity index (χ1v) is 4.62. The zero-order valence-electron chi connectivity index (χ0n) is 7.84. The van der Waals surface area contributed by atoms with Crippen LogP contribution in [0, 0.1) is 5.82 Å². The SMILES string of the molecule is CN(CCc1ccc(F)cc1)C(=O)Cl. The molecule has 1 aromatic rings. The van der Waals surface area contributed by atoms with Crippen molar-refractivity contribution in [3.63, 3.8) is 0 Å². The summed E-state index contributed by atoms with van der Waals surface area (Å²) in [7, 11) is 1.62. The maximum atomic E-state index is 12.5. The third-order valence-corrected chi connectivity index (χ3v) is 2.24. The number of carbonyl (C=O) groups excluding carboxylic acids is 1. The Hall–Kier alpha value is -1.09. The maximum Gasteiger partial charge on any atom is 0.316 e. The van der Waals surface area contributed by atoms with E-state index in [0.29, 0.717) is 13.0 Å². The number of halogens is 2. The predicted octanol–water partition coefficient (Wildman–Crippen LogP) is 2.66. The second-order valence-electron chi connectivity index (χ2n) is 3.05. The van der Waals surface area contributed by atoms with Crippen LogP contribution in [-0.2, 0) is 6.42 Å². The average Bonchev–Trinajstić information content (AvgIpc) is 2.16. The van der Waals surface area contributed by atoms with E-state index in [0.717, 1.165) is 5.56 Å². The zero-order chi connectivity index (χ0) is 10.6. The predicted molar refractivity (Wildman–Crippen MR) is 54.0 cm³/mol. The molecule has 0 N–H and O–H groups in total. The lowest BCUT2D eigenvalue weighted by molar-refractivity contribution is 0.232. The van der Waals surface area contributed by atoms with E-state index < -0.39 is 5.37 Å². The maximum absolute atomic E-state index is 12.5. The fourth-order valence-electron chi connectivity index (χ4n) is 1.04. The van der Waals surface area contributed by atoms with Gasteiger partial charge in [0, 0.05) is 13.6 Å². The van der Waals surface area contributed by atoms with Gasteiger partial charge in [0.1, 0.15) is 5.82 Å². The molecule has 1 rings (SSSR count). The Balaban J connectivity index is 2.46. The first-order chi connectivity index (χ1) is 6.59. The quantitative estimate of drug-likeness (QED) is 0.561. The summed E-state index contributed by atoms with van der Waals surface area (Å²) >= 11 is 5.25. The number of hydrogen-bond acceptors (Lipinski definition) is 1. The Morgan fingerprint density at radius 1 is 1.43 bits per heavy atom. The number of amides is 1. The molecule has 0 radical (unpaired) electrons. The summed E-state index contributed by atoms with van der Waals surface area (Å²) in [5, 5.41) is -0.480. The van der Waals surface area contributed by atoms with Crippen molar-refractivity contribution in [1.29, 1.82) is 0 Å². The molecule has 2 nitrogen and oxygen atoms in total. The van der Waals surface area contributed by atoms with Crippen molar-refractivity contribution in [2.24, 2.45) is 0 Å². The van der Waals surface area contributed by atoms with Crippen molar-refractivity contribution < 1.29 is 9.18 Å². The van der Waals surface area contributed by atoms with Gasteiger partial charge in [0.05, 0.1) is 0 Å². The van der Waals surface area contributed by atoms with Gasteiger partial charge in [-0.3, -0.25) is 4.79 Å². The number of likely N-dealkylation sites (N-methyl/N-ethyl adjacent to an activating group) is 1. The highest BCUT2D eigenvalue weighted by molar-refractivity contribution is 6.62. The van der Waals surface area contributed by atoms with Crippen molar-refractivity contribution >= 4 is 17.0 Å². The van der Waals surface area contributed by atoms with Crippen molar-refractivity contribution in [3.8, 4) is 0 Å². The largest absolute Gasteiger partial charge is 0.332 e. The van der Waals surface area contributed by atoms with Crippen LogP contribution in [0.1, 0.15) is 5.56 Å². The molecule has 0 saturated heterocycles. The molecule has 0 aliphatic rings. The van der Waals surface area contributed by atoms with E-state index >= 15 is 0 Å². The van der Waals surface area contributed by atoms with E-state index in [-0.39, 0.29) is 5.82 Å². The Labute approximate surface area is 87.3 Å². The van der Waals surface area contributed by atoms with Crippen LogP contribution in [0.4, 0.5) is 9.18 Å². The van der Waals surface area contributed by atoms with Crippen LogP contribution in [-0.4, -0.2) is 23.9 Å². The summed E-state index contributed by atoms with van der Waals surface area (Å²) in [5.41, 5.74) is 0.983. The van der Waals surface area contributed by atoms with Gasteiger partial charge in [-0.2, -0.15) is 0 Å². The van der Waals surface area contributed by atoms with Crippen LogP contribution in [0.5, 0.6) is 0 Å². The number of hydrogen-bond donors (Lipinski definition) is 0. The van der Waals surface area contributed by atoms with Gasteiger partial charge < -0.3 is 4.90 Å². The summed E-state index contributed by atoms with van der Waals surface area (Å²) in [6.45, 7) is 0.536. The highest BCUT2D eigenvalue weighted by Gasteiger charge is 2.03. The number of nitrogens with zero attached hydrogens (tertiary/aromatic N) is 1. The molecule has 0 aliphatic carbocycles. The van der Waals surface area contributed by atoms with Gasteiger partial charge in [-0.05, 0) is 35.7 Å². The van der Waals surface area contributed by atoms with Crippen molar-refractivity contribution in [3.05, 3.63) is 35.6 Å². The van der Waals surface area contributed by atoms with Crippen LogP contribution in [0.3, 0.4) is 0 Å². The van der Waals surface area contributed by atoms with Gasteiger partial charge in [-0.25, -0.2) is 4.39 Å². The summed E-state index contributed by atoms with van der Waals surface area (Å²) < 4.78 is 12.5. The van der Waals surface area contributed by atoms with Gasteiger partial charge in [0.2, 0.25) is 0 Å². The van der Waals surface area contributed by atoms with E-state index in [9.17, 15) is 9.18 Å². The normalized spacial score (nSPS) is 9.93. The minimum atomic E-state index is -0.480. The van der Waals surface area contributed by atoms with E-state index in [2.05, 4.69) is 0 Å². The smallest absolute Gasteiger partial charge is 0.316 e. The van der Waals surface area contributed by atoms with Crippen LogP contribution < -0.4 is 0 Å². The molecule has 4 heteroatoms. The van der Waals surface area contributed by atoms with Gasteiger partial charge in [-0.1, -0.05) is 12.1 Å². The first-order valence-electron chi connectivity index (χ1n) is 4.24. The molecule has 0 fully saturated rings. The molecule has 0 atom stereocenters. The summed E-state index contributed by atoms with van der Waals surface area (Å²) in [6.07, 6.45) is 0.676. The van der Waals surface area contributed by atoms with E-state index in [1.54, 1.807) is 19.2 Å². The van der Waals surface area contributed by atoms with Crippen LogP contribution in [0.2, 0.25) is 0 Å². The third-order valence-electron chi connectivity index (χ3n) is 1.95. The molecule has 0 spiro atoms. The highest BCUT2D eigenvalue weighted by Crippen LogP contribution is 2.04. The lowest BCUT2D eigenvalue weighted by Gasteiger charge is -2.12. The molecular weight excluding hydrogens is 205 g/mol. The van der Waals surface area contributed by atoms with Crippen molar-refractivity contribution in [2.75, 3.05) is 13.6 Å². The molecule has 1 amide bonds. The van der Waals surface area contributed by atoms with Gasteiger partial charge in [0.25, 0.3) is 0 Å². The van der Waals surface area contributed by atoms with E-state index in [4.69, 9.17) is 11.6 Å². The zero-order valence-corrected chi connectivity index (χ0v) is 8.59. The van der Waals surface area contributed by atoms with Gasteiger partial charge in [-0.15, -0.1) is 0 Å². The molecule has 0 aliphatic heterocycles. The molecule has 0 heterocycles. The first kappa shape index (κ1) is 11.0. The van der Waals surface area contributed by atoms with Crippen LogP contribution in [0.15, 0.2) is 24.3 Å². The molecule has 0 unspecified atom stereocenters. The second-order valence-corrected chi connectivity index (χ2v) is 3.37. The fraction of sp³-hybridized carbons (Fsp3) is 0.300. The second kappa shape index (κ2) is 4.96. The summed E-state index contributed by atoms with van der Waals surface area (Å²) in [6, 6.07) is 6.19. The Kier molecular flexibility index (Phi) is 3.89. The topological polar surface area (TPSA) is 20.3 Å². The Morgan fingerprint density at radius 2 is 2.00 bits per heavy atom. The summed E-state index contributed by atoms with van der Waals surface area (Å²) in [5.74, 6) is -0.254. The molecule has 1 aromatic carbocycles. The van der Waals surface area contributed by atoms with Crippen molar-refractivity contribution in [1.82, 2.24) is 4.90 Å². The molecule has 0 bridgehead atoms. The number of carbonyl (C=O) groups is 1. The van der Waals surface area contributed by atoms with Crippen LogP contribution in [0.25, 0.3) is 0 Å². The highest BCUT2D eigenvalue weighted by atomic mass is 35.5. The van der Waals surface area contributed by atoms with Crippen molar-refractivity contribution in [2.45, 2.75) is 6.42 Å². The van der Waals surface area contributed by atoms with E-state index in [1.165, 1.54) is 17.0 Å². The molecule has 14 heavy (non-hydrogen) atoms. The van der Waals surface area contributed by atoms with Gasteiger partial charge >= 0.3 is 5.37 Å². The third kappa shape index (κ3) is 3.34. The standard InChI is InChI=1S/C10H11ClFNO/c1-13(10(11)14)7-6-8-2-4-9(12)5-3-8/h2-5H,6-7H2,1H3. The van der Waals surface area contributed by atoms with Crippen LogP contribution >= 0.6 is 11.6 Å². The minimum absolute atomic E-state index is 0.254. The lowest BCUT2D eigenvalue weighted by Crippen LogP contribution is -2.23. The van der Waals surface area contributed by atoms with E-state index in [1.807, 2.05) is 0 Å². The molecule has 0 saturated carbocycles. The lowest BCUT2D eigenvalue weighted by atomic mass is 10.1. The fourth-order valence-corrected chi connectivity index (χ4v) is 1.12. The average molecular weight is 216 g/mol. The molecule has 0 aromatic heterocycles. The molecular formula is C10H11ClFNO. The minimum Gasteiger partial charge on any atom is -0.332 e. The Bertz CT molecular complexity index is 312. The monoisotopic (exact) mass is 215 g/mol. The number of benzene rings is 1. The van der Waals surface area contributed by atoms with Gasteiger partial charge in [0.15, 0.2) is 0 Å².